The number of carbonyl (C=O) groups excluding carboxylic acids is 3. The third kappa shape index (κ3) is 13.9. The van der Waals surface area contributed by atoms with Gasteiger partial charge >= 0.3 is 18.5 Å². The summed E-state index contributed by atoms with van der Waals surface area (Å²) in [6, 6.07) is 15.5. The van der Waals surface area contributed by atoms with E-state index >= 15 is 0 Å². The lowest BCUT2D eigenvalue weighted by molar-refractivity contribution is -0.138. The second-order valence-corrected chi connectivity index (χ2v) is 26.9. The zero-order chi connectivity index (χ0) is 70.0. The van der Waals surface area contributed by atoms with E-state index in [0.29, 0.717) is 70.4 Å². The maximum absolute atomic E-state index is 13.7. The highest BCUT2D eigenvalue weighted by Crippen LogP contribution is 2.48. The van der Waals surface area contributed by atoms with Gasteiger partial charge in [-0.3, -0.25) is 29.3 Å². The van der Waals surface area contributed by atoms with Crippen molar-refractivity contribution < 1.29 is 53.9 Å². The van der Waals surface area contributed by atoms with Crippen LogP contribution in [0.4, 0.5) is 39.5 Å². The molecular formula is C67H61Cl3F9N17O3. The normalized spacial score (nSPS) is 22.2. The first-order valence-electron chi connectivity index (χ1n) is 32.0. The smallest absolute Gasteiger partial charge is 0.332 e. The van der Waals surface area contributed by atoms with E-state index in [1.807, 2.05) is 47.6 Å². The Hall–Kier alpha value is -8.96. The highest BCUT2D eigenvalue weighted by Gasteiger charge is 2.52. The number of benzene rings is 1. The summed E-state index contributed by atoms with van der Waals surface area (Å²) in [5.41, 5.74) is 3.42. The monoisotopic (exact) mass is 1430 g/mol. The molecule has 3 amide bonds. The van der Waals surface area contributed by atoms with Crippen LogP contribution >= 0.6 is 34.8 Å². The van der Waals surface area contributed by atoms with Crippen LogP contribution in [0.15, 0.2) is 116 Å². The SMILES string of the molecule is Cc1ccc(-n2nccn2)c(C(=O)N2C3CCC2C(Cc2ncc(C(F)(F)F)cc2Cl)C3)n1.Cc1ccc(C(=O)N2C3CCC2C(Cc2ncc(C(F)(F)F)cc2Cl)C3)c(-n2nccn2)n1.Cc1cccc(C(=O)N2C3CCC2C(Cc2ncc(C(F)(F)F)cc2Cl)C3)c1-n1nccn1. The Bertz CT molecular complexity index is 4380. The molecule has 0 N–H and O–H groups in total. The minimum absolute atomic E-state index is 0.000234. The van der Waals surface area contributed by atoms with E-state index in [2.05, 4.69) is 55.5 Å². The molecule has 9 aromatic rings. The fraction of sp³-hybridized carbons (Fsp3) is 0.403. The molecule has 6 aliphatic heterocycles. The minimum atomic E-state index is -4.49. The predicted molar refractivity (Wildman–Crippen MR) is 341 cm³/mol. The van der Waals surface area contributed by atoms with Crippen molar-refractivity contribution in [1.82, 2.24) is 84.6 Å². The number of aromatic nitrogens is 14. The van der Waals surface area contributed by atoms with Crippen LogP contribution in [-0.2, 0) is 37.8 Å². The van der Waals surface area contributed by atoms with Gasteiger partial charge in [-0.1, -0.05) is 46.9 Å². The number of pyridine rings is 5. The third-order valence-corrected chi connectivity index (χ3v) is 20.6. The van der Waals surface area contributed by atoms with Gasteiger partial charge < -0.3 is 14.7 Å². The summed E-state index contributed by atoms with van der Waals surface area (Å²) in [7, 11) is 0. The molecule has 8 aromatic heterocycles. The van der Waals surface area contributed by atoms with Crippen LogP contribution in [0.25, 0.3) is 17.2 Å². The average Bonchev–Trinajstić information content (AvgIpc) is 1.62. The Kier molecular flexibility index (Phi) is 18.9. The van der Waals surface area contributed by atoms with E-state index in [-0.39, 0.29) is 92.5 Å². The van der Waals surface area contributed by atoms with Crippen LogP contribution < -0.4 is 0 Å². The molecule has 6 bridgehead atoms. The molecule has 15 rings (SSSR count). The molecule has 20 nitrogen and oxygen atoms in total. The van der Waals surface area contributed by atoms with Crippen molar-refractivity contribution in [2.45, 2.75) is 153 Å². The zero-order valence-corrected chi connectivity index (χ0v) is 55.3. The quantitative estimate of drug-likeness (QED) is 0.104. The van der Waals surface area contributed by atoms with Crippen LogP contribution in [-0.4, -0.2) is 139 Å². The Morgan fingerprint density at radius 3 is 1.26 bits per heavy atom. The molecule has 0 spiro atoms. The molecule has 32 heteroatoms. The lowest BCUT2D eigenvalue weighted by atomic mass is 9.86. The van der Waals surface area contributed by atoms with Gasteiger partial charge in [0, 0.05) is 66.2 Å². The van der Waals surface area contributed by atoms with E-state index in [1.54, 1.807) is 42.7 Å². The molecule has 516 valence electrons. The summed E-state index contributed by atoms with van der Waals surface area (Å²) in [6.07, 6.45) is 6.94. The first-order chi connectivity index (χ1) is 47.2. The Morgan fingerprint density at radius 1 is 0.455 bits per heavy atom. The number of fused-ring (bicyclic) bond motifs is 6. The lowest BCUT2D eigenvalue weighted by Crippen LogP contribution is -2.38. The molecule has 1 aromatic carbocycles. The maximum Gasteiger partial charge on any atom is 0.417 e. The Balaban J connectivity index is 0.000000133. The van der Waals surface area contributed by atoms with Crippen molar-refractivity contribution in [3.8, 4) is 17.2 Å². The molecule has 9 unspecified atom stereocenters. The van der Waals surface area contributed by atoms with Crippen molar-refractivity contribution in [2.75, 3.05) is 0 Å². The number of rotatable bonds is 12. The predicted octanol–water partition coefficient (Wildman–Crippen LogP) is 13.4. The third-order valence-electron chi connectivity index (χ3n) is 19.6. The fourth-order valence-corrected chi connectivity index (χ4v) is 16.0. The molecular weight excluding hydrogens is 1370 g/mol. The van der Waals surface area contributed by atoms with E-state index < -0.39 is 35.2 Å². The second-order valence-electron chi connectivity index (χ2n) is 25.7. The zero-order valence-electron chi connectivity index (χ0n) is 53.0. The van der Waals surface area contributed by atoms with Gasteiger partial charge in [-0.15, -0.1) is 9.59 Å². The van der Waals surface area contributed by atoms with Crippen LogP contribution in [0.2, 0.25) is 15.1 Å². The standard InChI is InChI=1S/C23H21ClF3N5O.2C22H20ClF3N6O/c1-13-3-2-4-17(21(13)32-29-7-8-30-32)22(33)31-16-5-6-20(31)14(9-16)10-19-18(24)11-15(12-28-19)23(25,26)27;1-12-2-4-19(32-28-6-7-29-32)20(30-12)21(33)31-15-3-5-18(31)13(8-15)9-17-16(23)10-14(11-27-17)22(24,25)26;1-12-2-4-16(20(30-12)32-28-6-7-29-32)21(33)31-15-3-5-19(31)13(8-15)9-18-17(23)10-14(11-27-18)22(24,25)26/h2-4,7-8,11-12,14,16,20H,5-6,9-10H2,1H3;2,4,6-7,10-11,13,15,18H,3,5,8-9H2,1H3;2,4,6-7,10-11,13,15,19H,3,5,8-9H2,1H3. The molecule has 9 atom stereocenters. The van der Waals surface area contributed by atoms with Crippen molar-refractivity contribution >= 4 is 52.5 Å². The van der Waals surface area contributed by atoms with Gasteiger partial charge in [-0.25, -0.2) is 9.97 Å². The molecule has 99 heavy (non-hydrogen) atoms. The number of hydrogen-bond acceptors (Lipinski definition) is 14. The fourth-order valence-electron chi connectivity index (χ4n) is 15.2. The van der Waals surface area contributed by atoms with Gasteiger partial charge in [0.15, 0.2) is 11.5 Å². The Labute approximate surface area is 574 Å². The van der Waals surface area contributed by atoms with E-state index in [0.717, 1.165) is 106 Å². The number of hydrogen-bond donors (Lipinski definition) is 0. The summed E-state index contributed by atoms with van der Waals surface area (Å²) in [5.74, 6) is 0.187. The van der Waals surface area contributed by atoms with Gasteiger partial charge in [0.2, 0.25) is 0 Å². The first kappa shape index (κ1) is 68.6. The van der Waals surface area contributed by atoms with Crippen molar-refractivity contribution in [3.63, 3.8) is 0 Å². The maximum atomic E-state index is 13.7. The number of nitrogens with zero attached hydrogens (tertiary/aromatic N) is 17. The lowest BCUT2D eigenvalue weighted by Gasteiger charge is -2.26. The summed E-state index contributed by atoms with van der Waals surface area (Å²) < 4.78 is 116. The van der Waals surface area contributed by atoms with Gasteiger partial charge in [0.25, 0.3) is 17.7 Å². The molecule has 14 heterocycles. The molecule has 0 saturated carbocycles. The summed E-state index contributed by atoms with van der Waals surface area (Å²) in [5, 5.41) is 24.9. The van der Waals surface area contributed by atoms with Gasteiger partial charge in [0.1, 0.15) is 11.4 Å². The van der Waals surface area contributed by atoms with Crippen molar-refractivity contribution in [3.05, 3.63) is 199 Å². The van der Waals surface area contributed by atoms with Crippen LogP contribution in [0.1, 0.15) is 140 Å². The topological polar surface area (TPSA) is 218 Å². The summed E-state index contributed by atoms with van der Waals surface area (Å²) >= 11 is 18.4. The van der Waals surface area contributed by atoms with Gasteiger partial charge in [-0.2, -0.15) is 74.9 Å². The Morgan fingerprint density at radius 2 is 0.838 bits per heavy atom. The van der Waals surface area contributed by atoms with Crippen LogP contribution in [0, 0.1) is 38.5 Å². The van der Waals surface area contributed by atoms with Crippen molar-refractivity contribution in [2.24, 2.45) is 17.8 Å². The average molecular weight is 1430 g/mol. The highest BCUT2D eigenvalue weighted by molar-refractivity contribution is 6.32. The first-order valence-corrected chi connectivity index (χ1v) is 33.1. The number of alkyl halides is 9. The number of carbonyl (C=O) groups is 3. The van der Waals surface area contributed by atoms with Crippen LogP contribution in [0.5, 0.6) is 0 Å². The number of para-hydroxylation sites is 1. The van der Waals surface area contributed by atoms with E-state index in [4.69, 9.17) is 34.8 Å². The van der Waals surface area contributed by atoms with Crippen LogP contribution in [0.3, 0.4) is 0 Å². The number of amides is 3. The second kappa shape index (κ2) is 27.3. The van der Waals surface area contributed by atoms with Crippen molar-refractivity contribution in [1.29, 1.82) is 0 Å². The number of aryl methyl sites for hydroxylation is 3. The molecule has 6 saturated heterocycles. The van der Waals surface area contributed by atoms with E-state index in [9.17, 15) is 53.9 Å². The van der Waals surface area contributed by atoms with E-state index in [1.165, 1.54) is 39.2 Å². The largest absolute Gasteiger partial charge is 0.417 e. The summed E-state index contributed by atoms with van der Waals surface area (Å²) in [6.45, 7) is 5.56. The number of halogens is 12. The molecule has 0 radical (unpaired) electrons. The molecule has 6 aliphatic rings. The minimum Gasteiger partial charge on any atom is -0.332 e. The highest BCUT2D eigenvalue weighted by atomic mass is 35.5. The van der Waals surface area contributed by atoms with Gasteiger partial charge in [-0.05, 0) is 170 Å². The summed E-state index contributed by atoms with van der Waals surface area (Å²) in [4.78, 5) is 71.7. The molecule has 0 aliphatic carbocycles. The molecule has 6 fully saturated rings. The van der Waals surface area contributed by atoms with Gasteiger partial charge in [0.05, 0.1) is 97.1 Å².